The Kier molecular flexibility index (Phi) is 11.5. The molecule has 0 spiro atoms. The van der Waals surface area contributed by atoms with E-state index in [9.17, 15) is 0 Å². The van der Waals surface area contributed by atoms with Crippen molar-refractivity contribution in [2.24, 2.45) is 11.8 Å². The summed E-state index contributed by atoms with van der Waals surface area (Å²) < 4.78 is 0. The van der Waals surface area contributed by atoms with Gasteiger partial charge in [0, 0.05) is 32.2 Å². The molecule has 3 nitrogen and oxygen atoms in total. The molecule has 0 fully saturated rings. The molecule has 20 heavy (non-hydrogen) atoms. The summed E-state index contributed by atoms with van der Waals surface area (Å²) in [6.07, 6.45) is 2.47. The maximum Gasteiger partial charge on any atom is 0.0220 e. The third-order valence-corrected chi connectivity index (χ3v) is 3.93. The molecule has 0 saturated carbocycles. The standard InChI is InChI=1S/C17H39N3/c1-8-10-18-17(16(5)9-2)14-20(13-15(3)4)12-11-19(6)7/h15-18H,8-14H2,1-7H3. The van der Waals surface area contributed by atoms with Gasteiger partial charge in [-0.2, -0.15) is 0 Å². The van der Waals surface area contributed by atoms with Crippen LogP contribution in [0.25, 0.3) is 0 Å². The van der Waals surface area contributed by atoms with Gasteiger partial charge in [0.25, 0.3) is 0 Å². The van der Waals surface area contributed by atoms with Gasteiger partial charge in [-0.1, -0.05) is 41.0 Å². The van der Waals surface area contributed by atoms with Crippen LogP contribution >= 0.6 is 0 Å². The van der Waals surface area contributed by atoms with Crippen LogP contribution in [-0.2, 0) is 0 Å². The molecule has 0 aromatic rings. The smallest absolute Gasteiger partial charge is 0.0220 e. The molecule has 0 aliphatic heterocycles. The van der Waals surface area contributed by atoms with Crippen molar-refractivity contribution in [3.8, 4) is 0 Å². The summed E-state index contributed by atoms with van der Waals surface area (Å²) in [4.78, 5) is 4.93. The minimum atomic E-state index is 0.626. The highest BCUT2D eigenvalue weighted by Gasteiger charge is 2.19. The fourth-order valence-electron chi connectivity index (χ4n) is 2.45. The third-order valence-electron chi connectivity index (χ3n) is 3.93. The predicted octanol–water partition coefficient (Wildman–Crippen LogP) is 2.92. The molecule has 0 rings (SSSR count). The normalized spacial score (nSPS) is 15.3. The van der Waals surface area contributed by atoms with Crippen molar-refractivity contribution >= 4 is 0 Å². The second-order valence-electron chi connectivity index (χ2n) is 6.90. The molecular formula is C17H39N3. The highest BCUT2D eigenvalue weighted by molar-refractivity contribution is 4.77. The maximum atomic E-state index is 3.76. The van der Waals surface area contributed by atoms with Gasteiger partial charge in [-0.05, 0) is 38.9 Å². The summed E-state index contributed by atoms with van der Waals surface area (Å²) >= 11 is 0. The number of nitrogens with one attached hydrogen (secondary N) is 1. The lowest BCUT2D eigenvalue weighted by atomic mass is 9.98. The van der Waals surface area contributed by atoms with E-state index in [1.54, 1.807) is 0 Å². The first-order valence-corrected chi connectivity index (χ1v) is 8.51. The van der Waals surface area contributed by atoms with Crippen LogP contribution in [0.2, 0.25) is 0 Å². The Labute approximate surface area is 128 Å². The Hall–Kier alpha value is -0.120. The number of hydrogen-bond donors (Lipinski definition) is 1. The Morgan fingerprint density at radius 1 is 0.950 bits per heavy atom. The van der Waals surface area contributed by atoms with E-state index in [1.165, 1.54) is 32.5 Å². The van der Waals surface area contributed by atoms with Gasteiger partial charge in [-0.3, -0.25) is 0 Å². The van der Waals surface area contributed by atoms with Crippen molar-refractivity contribution in [1.29, 1.82) is 0 Å². The minimum absolute atomic E-state index is 0.626. The monoisotopic (exact) mass is 285 g/mol. The molecule has 3 heteroatoms. The van der Waals surface area contributed by atoms with E-state index >= 15 is 0 Å². The van der Waals surface area contributed by atoms with Crippen LogP contribution in [0.5, 0.6) is 0 Å². The summed E-state index contributed by atoms with van der Waals surface area (Å²) in [5, 5.41) is 3.76. The molecule has 0 heterocycles. The Balaban J connectivity index is 4.50. The van der Waals surface area contributed by atoms with Crippen LogP contribution in [0.1, 0.15) is 47.5 Å². The number of nitrogens with zero attached hydrogens (tertiary/aromatic N) is 2. The van der Waals surface area contributed by atoms with Crippen LogP contribution < -0.4 is 5.32 Å². The van der Waals surface area contributed by atoms with Crippen molar-refractivity contribution in [1.82, 2.24) is 15.1 Å². The fourth-order valence-corrected chi connectivity index (χ4v) is 2.45. The average Bonchev–Trinajstić information content (AvgIpc) is 2.38. The molecule has 1 N–H and O–H groups in total. The summed E-state index contributed by atoms with van der Waals surface area (Å²) in [6.45, 7) is 17.4. The SMILES string of the molecule is CCCNC(CN(CCN(C)C)CC(C)C)C(C)CC. The summed E-state index contributed by atoms with van der Waals surface area (Å²) in [6, 6.07) is 0.626. The second-order valence-corrected chi connectivity index (χ2v) is 6.90. The van der Waals surface area contributed by atoms with Crippen molar-refractivity contribution in [3.63, 3.8) is 0 Å². The average molecular weight is 286 g/mol. The zero-order valence-electron chi connectivity index (χ0n) is 15.1. The van der Waals surface area contributed by atoms with Crippen LogP contribution in [0.3, 0.4) is 0 Å². The van der Waals surface area contributed by atoms with E-state index < -0.39 is 0 Å². The third kappa shape index (κ3) is 9.73. The Morgan fingerprint density at radius 2 is 1.60 bits per heavy atom. The quantitative estimate of drug-likeness (QED) is 0.595. The van der Waals surface area contributed by atoms with Crippen LogP contribution in [0.4, 0.5) is 0 Å². The maximum absolute atomic E-state index is 3.76. The summed E-state index contributed by atoms with van der Waals surface area (Å²) in [5.41, 5.74) is 0. The molecule has 0 aromatic heterocycles. The Morgan fingerprint density at radius 3 is 2.05 bits per heavy atom. The van der Waals surface area contributed by atoms with E-state index in [1.807, 2.05) is 0 Å². The lowest BCUT2D eigenvalue weighted by molar-refractivity contribution is 0.178. The van der Waals surface area contributed by atoms with Crippen molar-refractivity contribution in [2.75, 3.05) is 46.8 Å². The number of likely N-dealkylation sites (N-methyl/N-ethyl adjacent to an activating group) is 1. The van der Waals surface area contributed by atoms with Crippen LogP contribution in [-0.4, -0.2) is 62.7 Å². The molecule has 0 aliphatic carbocycles. The molecule has 0 amide bonds. The lowest BCUT2D eigenvalue weighted by Gasteiger charge is -2.33. The van der Waals surface area contributed by atoms with Gasteiger partial charge in [0.15, 0.2) is 0 Å². The van der Waals surface area contributed by atoms with E-state index in [2.05, 4.69) is 63.8 Å². The molecule has 2 atom stereocenters. The van der Waals surface area contributed by atoms with Gasteiger partial charge in [-0.25, -0.2) is 0 Å². The van der Waals surface area contributed by atoms with E-state index in [0.29, 0.717) is 6.04 Å². The first-order chi connectivity index (χ1) is 9.40. The van der Waals surface area contributed by atoms with Gasteiger partial charge in [0.1, 0.15) is 0 Å². The molecule has 0 saturated heterocycles. The van der Waals surface area contributed by atoms with E-state index in [0.717, 1.165) is 24.9 Å². The molecule has 0 aromatic carbocycles. The highest BCUT2D eigenvalue weighted by Crippen LogP contribution is 2.11. The van der Waals surface area contributed by atoms with Gasteiger partial charge in [-0.15, -0.1) is 0 Å². The van der Waals surface area contributed by atoms with Crippen LogP contribution in [0.15, 0.2) is 0 Å². The zero-order valence-corrected chi connectivity index (χ0v) is 15.1. The summed E-state index contributed by atoms with van der Waals surface area (Å²) in [5.74, 6) is 1.48. The molecule has 0 radical (unpaired) electrons. The largest absolute Gasteiger partial charge is 0.312 e. The molecule has 0 bridgehead atoms. The van der Waals surface area contributed by atoms with Gasteiger partial charge >= 0.3 is 0 Å². The summed E-state index contributed by atoms with van der Waals surface area (Å²) in [7, 11) is 4.32. The van der Waals surface area contributed by atoms with Crippen LogP contribution in [0, 0.1) is 11.8 Å². The Bertz CT molecular complexity index is 216. The molecule has 122 valence electrons. The predicted molar refractivity (Wildman–Crippen MR) is 91.4 cm³/mol. The van der Waals surface area contributed by atoms with Gasteiger partial charge in [0.2, 0.25) is 0 Å². The van der Waals surface area contributed by atoms with Crippen molar-refractivity contribution in [2.45, 2.75) is 53.5 Å². The van der Waals surface area contributed by atoms with E-state index in [4.69, 9.17) is 0 Å². The number of rotatable bonds is 12. The van der Waals surface area contributed by atoms with Crippen molar-refractivity contribution in [3.05, 3.63) is 0 Å². The highest BCUT2D eigenvalue weighted by atomic mass is 15.2. The molecule has 0 aliphatic rings. The molecule has 2 unspecified atom stereocenters. The molecular weight excluding hydrogens is 246 g/mol. The van der Waals surface area contributed by atoms with Crippen molar-refractivity contribution < 1.29 is 0 Å². The lowest BCUT2D eigenvalue weighted by Crippen LogP contribution is -2.47. The van der Waals surface area contributed by atoms with E-state index in [-0.39, 0.29) is 0 Å². The fraction of sp³-hybridized carbons (Fsp3) is 1.00. The topological polar surface area (TPSA) is 18.5 Å². The minimum Gasteiger partial charge on any atom is -0.312 e. The first-order valence-electron chi connectivity index (χ1n) is 8.51. The first kappa shape index (κ1) is 19.9. The van der Waals surface area contributed by atoms with Gasteiger partial charge in [0.05, 0.1) is 0 Å². The second kappa shape index (κ2) is 11.5. The number of hydrogen-bond acceptors (Lipinski definition) is 3. The van der Waals surface area contributed by atoms with Gasteiger partial charge < -0.3 is 15.1 Å². The zero-order chi connectivity index (χ0) is 15.5.